The first kappa shape index (κ1) is 9.77. The molecule has 0 aliphatic heterocycles. The van der Waals surface area contributed by atoms with Gasteiger partial charge in [-0.2, -0.15) is 9.58 Å². The molecule has 0 saturated carbocycles. The van der Waals surface area contributed by atoms with E-state index < -0.39 is 17.3 Å². The molecule has 0 N–H and O–H groups in total. The second-order valence-electron chi connectivity index (χ2n) is 1.55. The number of rotatable bonds is 4. The van der Waals surface area contributed by atoms with Gasteiger partial charge in [0.1, 0.15) is 0 Å². The molecule has 0 amide bonds. The Kier molecular flexibility index (Phi) is 3.72. The summed E-state index contributed by atoms with van der Waals surface area (Å²) in [5, 5.41) is 0. The zero-order valence-corrected chi connectivity index (χ0v) is 5.67. The number of carbonyl (C=O) groups excluding carboxylic acids is 3. The third-order valence-corrected chi connectivity index (χ3v) is 0.798. The van der Waals surface area contributed by atoms with Crippen molar-refractivity contribution in [1.29, 1.82) is 0 Å². The van der Waals surface area contributed by atoms with Gasteiger partial charge in [-0.1, -0.05) is 0 Å². The van der Waals surface area contributed by atoms with E-state index in [1.807, 2.05) is 0 Å². The molecule has 7 nitrogen and oxygen atoms in total. The molecule has 0 heterocycles. The van der Waals surface area contributed by atoms with Crippen LogP contribution in [-0.2, 0) is 14.4 Å². The van der Waals surface area contributed by atoms with Gasteiger partial charge in [0.05, 0.1) is 0 Å². The van der Waals surface area contributed by atoms with Crippen molar-refractivity contribution >= 4 is 29.8 Å². The maximum absolute atomic E-state index is 10.5. The minimum Gasteiger partial charge on any atom is -0.361 e. The average Bonchev–Trinajstić information content (AvgIpc) is 2.04. The van der Waals surface area contributed by atoms with Crippen molar-refractivity contribution in [2.75, 3.05) is 0 Å². The molecular weight excluding hydrogens is 164 g/mol. The molecule has 0 spiro atoms. The van der Waals surface area contributed by atoms with Crippen molar-refractivity contribution in [3.63, 3.8) is 0 Å². The Labute approximate surface area is 65.8 Å². The zero-order chi connectivity index (χ0) is 9.56. The van der Waals surface area contributed by atoms with Gasteiger partial charge >= 0.3 is 24.0 Å². The highest BCUT2D eigenvalue weighted by atomic mass is 16.2. The Morgan fingerprint density at radius 3 is 1.50 bits per heavy atom. The predicted molar refractivity (Wildman–Crippen MR) is 34.4 cm³/mol. The second-order valence-corrected chi connectivity index (χ2v) is 1.55. The number of Topliss-reactive ketones (excluding diaryl/α,β-unsaturated/α-hetero) is 3. The summed E-state index contributed by atoms with van der Waals surface area (Å²) >= 11 is 0. The van der Waals surface area contributed by atoms with E-state index in [-0.39, 0.29) is 12.4 Å². The molecule has 0 unspecified atom stereocenters. The lowest BCUT2D eigenvalue weighted by Crippen LogP contribution is -2.26. The summed E-state index contributed by atoms with van der Waals surface area (Å²) in [4.78, 5) is 35.9. The van der Waals surface area contributed by atoms with Gasteiger partial charge < -0.3 is 11.1 Å². The normalized spacial score (nSPS) is 7.33. The van der Waals surface area contributed by atoms with E-state index in [4.69, 9.17) is 11.1 Å². The van der Waals surface area contributed by atoms with Gasteiger partial charge in [-0.15, -0.1) is 0 Å². The zero-order valence-electron chi connectivity index (χ0n) is 5.67. The highest BCUT2D eigenvalue weighted by molar-refractivity contribution is 6.82. The van der Waals surface area contributed by atoms with Crippen LogP contribution in [0.4, 0.5) is 0 Å². The van der Waals surface area contributed by atoms with E-state index in [0.29, 0.717) is 0 Å². The third-order valence-electron chi connectivity index (χ3n) is 0.798. The fourth-order valence-electron chi connectivity index (χ4n) is 0.344. The van der Waals surface area contributed by atoms with Gasteiger partial charge in [0.25, 0.3) is 5.78 Å². The van der Waals surface area contributed by atoms with Crippen molar-refractivity contribution in [2.45, 2.75) is 0 Å². The number of carbonyl (C=O) groups is 3. The first-order valence-corrected chi connectivity index (χ1v) is 2.61. The topological polar surface area (TPSA) is 124 Å². The summed E-state index contributed by atoms with van der Waals surface area (Å²) in [7, 11) is 0. The van der Waals surface area contributed by atoms with Crippen molar-refractivity contribution < 1.29 is 24.0 Å². The molecule has 0 aliphatic rings. The van der Waals surface area contributed by atoms with Crippen molar-refractivity contribution in [2.24, 2.45) is 0 Å². The average molecular weight is 166 g/mol. The molecule has 0 aromatic heterocycles. The summed E-state index contributed by atoms with van der Waals surface area (Å²) in [5.41, 5.74) is 15.6. The summed E-state index contributed by atoms with van der Waals surface area (Å²) in [6, 6.07) is 0. The van der Waals surface area contributed by atoms with Gasteiger partial charge in [0.15, 0.2) is 0 Å². The van der Waals surface area contributed by atoms with Crippen molar-refractivity contribution in [3.05, 3.63) is 11.1 Å². The third kappa shape index (κ3) is 2.57. The predicted octanol–water partition coefficient (Wildman–Crippen LogP) is -1.71. The molecule has 60 valence electrons. The van der Waals surface area contributed by atoms with Crippen LogP contribution in [0.25, 0.3) is 11.1 Å². The molecule has 0 radical (unpaired) electrons. The first-order valence-electron chi connectivity index (χ1n) is 2.61. The minimum atomic E-state index is -1.44. The number of hydrogen-bond acceptors (Lipinski definition) is 3. The lowest BCUT2D eigenvalue weighted by atomic mass is 10.2. The van der Waals surface area contributed by atoms with Crippen LogP contribution < -0.4 is 0 Å². The number of hydrogen-bond donors (Lipinski definition) is 0. The van der Waals surface area contributed by atoms with E-state index in [2.05, 4.69) is 9.58 Å². The van der Waals surface area contributed by atoms with Crippen LogP contribution in [0.5, 0.6) is 0 Å². The Bertz CT molecular complexity index is 301. The molecule has 0 fully saturated rings. The first-order chi connectivity index (χ1) is 5.63. The monoisotopic (exact) mass is 166 g/mol. The fraction of sp³-hybridized carbons (Fsp3) is 0. The molecule has 0 aromatic carbocycles. The van der Waals surface area contributed by atoms with Crippen LogP contribution in [0.3, 0.4) is 0 Å². The fourth-order valence-corrected chi connectivity index (χ4v) is 0.344. The molecule has 0 aromatic rings. The molecule has 12 heavy (non-hydrogen) atoms. The highest BCUT2D eigenvalue weighted by Gasteiger charge is 2.25. The quantitative estimate of drug-likeness (QED) is 0.162. The maximum atomic E-state index is 10.5. The van der Waals surface area contributed by atoms with Crippen LogP contribution in [0.1, 0.15) is 0 Å². The Hall–Kier alpha value is -2.23. The minimum absolute atomic E-state index is 0.269. The van der Waals surface area contributed by atoms with Crippen molar-refractivity contribution in [3.8, 4) is 0 Å². The van der Waals surface area contributed by atoms with Crippen LogP contribution >= 0.6 is 0 Å². The molecular formula is C5H2N4O3. The molecule has 0 bridgehead atoms. The SMILES string of the molecule is [N-]=[N+]=CC(=O)C(=O)C(=O)C=[N+]=[N-]. The smallest absolute Gasteiger partial charge is 0.331 e. The van der Waals surface area contributed by atoms with Gasteiger partial charge in [-0.3, -0.25) is 14.4 Å². The largest absolute Gasteiger partial charge is 0.361 e. The highest BCUT2D eigenvalue weighted by Crippen LogP contribution is 1.73. The Morgan fingerprint density at radius 2 is 1.25 bits per heavy atom. The van der Waals surface area contributed by atoms with Gasteiger partial charge in [-0.05, 0) is 0 Å². The van der Waals surface area contributed by atoms with Crippen molar-refractivity contribution in [1.82, 2.24) is 0 Å². The lowest BCUT2D eigenvalue weighted by molar-refractivity contribution is -0.141. The standard InChI is InChI=1S/C5H2N4O3/c6-8-1-3(10)5(12)4(11)2-9-7/h1-2H. The van der Waals surface area contributed by atoms with Gasteiger partial charge in [0, 0.05) is 0 Å². The summed E-state index contributed by atoms with van der Waals surface area (Å²) in [6.07, 6.45) is 0.539. The second kappa shape index (κ2) is 4.56. The van der Waals surface area contributed by atoms with Crippen LogP contribution in [0, 0.1) is 0 Å². The molecule has 7 heteroatoms. The van der Waals surface area contributed by atoms with Gasteiger partial charge in [0.2, 0.25) is 0 Å². The summed E-state index contributed by atoms with van der Waals surface area (Å²) in [5.74, 6) is -4.02. The summed E-state index contributed by atoms with van der Waals surface area (Å²) < 4.78 is 0. The van der Waals surface area contributed by atoms with E-state index in [1.165, 1.54) is 0 Å². The number of nitrogens with zero attached hydrogens (tertiary/aromatic N) is 4. The van der Waals surface area contributed by atoms with Crippen LogP contribution in [0.15, 0.2) is 0 Å². The molecule has 0 saturated heterocycles. The Morgan fingerprint density at radius 1 is 0.917 bits per heavy atom. The molecule has 0 atom stereocenters. The molecule has 0 aliphatic carbocycles. The maximum Gasteiger partial charge on any atom is 0.331 e. The van der Waals surface area contributed by atoms with Crippen LogP contribution in [0.2, 0.25) is 0 Å². The lowest BCUT2D eigenvalue weighted by Gasteiger charge is -1.77. The number of ketones is 3. The summed E-state index contributed by atoms with van der Waals surface area (Å²) in [6.45, 7) is 0. The van der Waals surface area contributed by atoms with E-state index >= 15 is 0 Å². The van der Waals surface area contributed by atoms with E-state index in [1.54, 1.807) is 0 Å². The Balaban J connectivity index is 4.61. The van der Waals surface area contributed by atoms with Crippen LogP contribution in [-0.4, -0.2) is 39.4 Å². The van der Waals surface area contributed by atoms with E-state index in [0.717, 1.165) is 0 Å². The van der Waals surface area contributed by atoms with Gasteiger partial charge in [-0.25, -0.2) is 0 Å². The van der Waals surface area contributed by atoms with E-state index in [9.17, 15) is 14.4 Å². The molecule has 0 rings (SSSR count).